The number of anilines is 1. The van der Waals surface area contributed by atoms with Crippen LogP contribution in [0, 0.1) is 6.92 Å². The van der Waals surface area contributed by atoms with Gasteiger partial charge in [0.2, 0.25) is 0 Å². The molecule has 0 bridgehead atoms. The summed E-state index contributed by atoms with van der Waals surface area (Å²) in [5, 5.41) is 7.25. The summed E-state index contributed by atoms with van der Waals surface area (Å²) >= 11 is 0. The molecule has 8 heteroatoms. The van der Waals surface area contributed by atoms with E-state index in [2.05, 4.69) is 30.0 Å². The van der Waals surface area contributed by atoms with Gasteiger partial charge < -0.3 is 9.64 Å². The van der Waals surface area contributed by atoms with Crippen molar-refractivity contribution in [3.63, 3.8) is 0 Å². The van der Waals surface area contributed by atoms with E-state index < -0.39 is 0 Å². The molecule has 1 aliphatic rings. The first-order chi connectivity index (χ1) is 12.7. The fourth-order valence-electron chi connectivity index (χ4n) is 2.97. The summed E-state index contributed by atoms with van der Waals surface area (Å²) < 4.78 is 5.88. The third-order valence-electron chi connectivity index (χ3n) is 4.34. The third kappa shape index (κ3) is 3.41. The van der Waals surface area contributed by atoms with Crippen molar-refractivity contribution in [1.82, 2.24) is 30.1 Å². The van der Waals surface area contributed by atoms with Crippen molar-refractivity contribution in [3.05, 3.63) is 47.9 Å². The van der Waals surface area contributed by atoms with E-state index in [0.717, 1.165) is 35.9 Å². The fraction of sp³-hybridized carbons (Fsp3) is 0.389. The van der Waals surface area contributed by atoms with Gasteiger partial charge in [-0.3, -0.25) is 10.1 Å². The van der Waals surface area contributed by atoms with Crippen molar-refractivity contribution in [2.24, 2.45) is 0 Å². The lowest BCUT2D eigenvalue weighted by atomic mass is 10.2. The molecular formula is C18H21N7O. The van der Waals surface area contributed by atoms with Crippen LogP contribution in [-0.4, -0.2) is 49.8 Å². The predicted molar refractivity (Wildman–Crippen MR) is 96.7 cm³/mol. The van der Waals surface area contributed by atoms with E-state index in [0.29, 0.717) is 24.8 Å². The molecule has 1 aliphatic heterocycles. The molecule has 0 aromatic carbocycles. The minimum absolute atomic E-state index is 0.167. The van der Waals surface area contributed by atoms with Gasteiger partial charge in [0.15, 0.2) is 11.6 Å². The number of H-pyrrole nitrogens is 1. The van der Waals surface area contributed by atoms with Crippen molar-refractivity contribution in [1.29, 1.82) is 0 Å². The van der Waals surface area contributed by atoms with Crippen LogP contribution in [0.3, 0.4) is 0 Å². The largest absolute Gasteiger partial charge is 0.366 e. The zero-order valence-electron chi connectivity index (χ0n) is 14.9. The zero-order valence-corrected chi connectivity index (χ0v) is 14.9. The number of aryl methyl sites for hydroxylation is 2. The molecule has 1 atom stereocenters. The van der Waals surface area contributed by atoms with Crippen LogP contribution in [0.5, 0.6) is 0 Å². The van der Waals surface area contributed by atoms with E-state index in [-0.39, 0.29) is 6.10 Å². The highest BCUT2D eigenvalue weighted by molar-refractivity contribution is 5.57. The summed E-state index contributed by atoms with van der Waals surface area (Å²) in [5.74, 6) is 3.17. The summed E-state index contributed by atoms with van der Waals surface area (Å²) in [4.78, 5) is 20.1. The van der Waals surface area contributed by atoms with Gasteiger partial charge in [-0.15, -0.1) is 0 Å². The number of rotatable bonds is 4. The molecule has 0 saturated carbocycles. The number of hydrogen-bond acceptors (Lipinski definition) is 7. The fourth-order valence-corrected chi connectivity index (χ4v) is 2.97. The maximum absolute atomic E-state index is 5.88. The summed E-state index contributed by atoms with van der Waals surface area (Å²) in [6.45, 7) is 6.06. The standard InChI is InChI=1S/C18H21N7O/c1-3-15-21-18(24-23-15)14-11-25(8-9-26-14)16-10-12(2)20-17(22-16)13-4-6-19-7-5-13/h4-7,10,14H,3,8-9,11H2,1-2H3,(H,21,23,24). The van der Waals surface area contributed by atoms with Gasteiger partial charge in [0.05, 0.1) is 13.2 Å². The number of aromatic nitrogens is 6. The maximum atomic E-state index is 5.88. The average molecular weight is 351 g/mol. The van der Waals surface area contributed by atoms with Crippen LogP contribution in [-0.2, 0) is 11.2 Å². The van der Waals surface area contributed by atoms with Crippen LogP contribution in [0.4, 0.5) is 5.82 Å². The molecule has 3 aromatic heterocycles. The van der Waals surface area contributed by atoms with Crippen molar-refractivity contribution in [2.45, 2.75) is 26.4 Å². The molecule has 0 amide bonds. The van der Waals surface area contributed by atoms with E-state index in [4.69, 9.17) is 9.72 Å². The van der Waals surface area contributed by atoms with Crippen molar-refractivity contribution in [2.75, 3.05) is 24.6 Å². The molecule has 0 aliphatic carbocycles. The molecule has 4 heterocycles. The van der Waals surface area contributed by atoms with E-state index in [1.54, 1.807) is 12.4 Å². The second-order valence-electron chi connectivity index (χ2n) is 6.23. The van der Waals surface area contributed by atoms with Crippen LogP contribution >= 0.6 is 0 Å². The number of nitrogens with zero attached hydrogens (tertiary/aromatic N) is 6. The van der Waals surface area contributed by atoms with Crippen molar-refractivity contribution < 1.29 is 4.74 Å². The van der Waals surface area contributed by atoms with Gasteiger partial charge in [0.25, 0.3) is 0 Å². The molecule has 1 saturated heterocycles. The molecule has 4 rings (SSSR count). The maximum Gasteiger partial charge on any atom is 0.181 e. The lowest BCUT2D eigenvalue weighted by Gasteiger charge is -2.32. The van der Waals surface area contributed by atoms with Crippen LogP contribution in [0.15, 0.2) is 30.6 Å². The Hall–Kier alpha value is -2.87. The zero-order chi connectivity index (χ0) is 17.9. The Morgan fingerprint density at radius 3 is 2.85 bits per heavy atom. The first kappa shape index (κ1) is 16.6. The molecule has 0 spiro atoms. The first-order valence-corrected chi connectivity index (χ1v) is 8.76. The van der Waals surface area contributed by atoms with Gasteiger partial charge in [-0.25, -0.2) is 15.0 Å². The highest BCUT2D eigenvalue weighted by Gasteiger charge is 2.26. The second kappa shape index (κ2) is 7.17. The third-order valence-corrected chi connectivity index (χ3v) is 4.34. The molecule has 0 radical (unpaired) electrons. The summed E-state index contributed by atoms with van der Waals surface area (Å²) in [7, 11) is 0. The highest BCUT2D eigenvalue weighted by atomic mass is 16.5. The predicted octanol–water partition coefficient (Wildman–Crippen LogP) is 2.11. The van der Waals surface area contributed by atoms with Crippen LogP contribution < -0.4 is 4.90 Å². The Morgan fingerprint density at radius 1 is 1.23 bits per heavy atom. The molecule has 1 N–H and O–H groups in total. The van der Waals surface area contributed by atoms with Gasteiger partial charge in [-0.1, -0.05) is 6.92 Å². The molecule has 134 valence electrons. The lowest BCUT2D eigenvalue weighted by Crippen LogP contribution is -2.39. The summed E-state index contributed by atoms with van der Waals surface area (Å²) in [6, 6.07) is 5.84. The van der Waals surface area contributed by atoms with E-state index in [1.807, 2.05) is 32.0 Å². The molecule has 1 fully saturated rings. The average Bonchev–Trinajstić information content (AvgIpc) is 3.18. The summed E-state index contributed by atoms with van der Waals surface area (Å²) in [6.07, 6.45) is 4.16. The first-order valence-electron chi connectivity index (χ1n) is 8.76. The number of ether oxygens (including phenoxy) is 1. The van der Waals surface area contributed by atoms with Crippen molar-refractivity contribution in [3.8, 4) is 11.4 Å². The van der Waals surface area contributed by atoms with Gasteiger partial charge in [-0.05, 0) is 19.1 Å². The lowest BCUT2D eigenvalue weighted by molar-refractivity contribution is 0.0339. The number of aromatic amines is 1. The van der Waals surface area contributed by atoms with Gasteiger partial charge >= 0.3 is 0 Å². The normalized spacial score (nSPS) is 17.5. The molecular weight excluding hydrogens is 330 g/mol. The van der Waals surface area contributed by atoms with Crippen LogP contribution in [0.1, 0.15) is 30.4 Å². The quantitative estimate of drug-likeness (QED) is 0.769. The van der Waals surface area contributed by atoms with E-state index in [1.165, 1.54) is 0 Å². The Balaban J connectivity index is 1.59. The number of nitrogens with one attached hydrogen (secondary N) is 1. The Kier molecular flexibility index (Phi) is 4.57. The van der Waals surface area contributed by atoms with Crippen LogP contribution in [0.25, 0.3) is 11.4 Å². The smallest absolute Gasteiger partial charge is 0.181 e. The summed E-state index contributed by atoms with van der Waals surface area (Å²) in [5.41, 5.74) is 1.88. The Bertz CT molecular complexity index is 880. The monoisotopic (exact) mass is 351 g/mol. The Labute approximate surface area is 151 Å². The molecule has 1 unspecified atom stereocenters. The van der Waals surface area contributed by atoms with Crippen molar-refractivity contribution >= 4 is 5.82 Å². The van der Waals surface area contributed by atoms with Gasteiger partial charge in [0.1, 0.15) is 17.7 Å². The topological polar surface area (TPSA) is 92.7 Å². The van der Waals surface area contributed by atoms with Gasteiger partial charge in [-0.2, -0.15) is 5.10 Å². The second-order valence-corrected chi connectivity index (χ2v) is 6.23. The molecule has 8 nitrogen and oxygen atoms in total. The molecule has 3 aromatic rings. The van der Waals surface area contributed by atoms with Gasteiger partial charge in [0, 0.05) is 42.7 Å². The molecule has 26 heavy (non-hydrogen) atoms. The Morgan fingerprint density at radius 2 is 2.08 bits per heavy atom. The van der Waals surface area contributed by atoms with E-state index in [9.17, 15) is 0 Å². The minimum Gasteiger partial charge on any atom is -0.366 e. The minimum atomic E-state index is -0.167. The number of morpholine rings is 1. The highest BCUT2D eigenvalue weighted by Crippen LogP contribution is 2.25. The number of hydrogen-bond donors (Lipinski definition) is 1. The van der Waals surface area contributed by atoms with Crippen LogP contribution in [0.2, 0.25) is 0 Å². The number of pyridine rings is 1. The van der Waals surface area contributed by atoms with E-state index >= 15 is 0 Å². The SMILES string of the molecule is CCc1nc(C2CN(c3cc(C)nc(-c4ccncc4)n3)CCO2)n[nH]1.